The summed E-state index contributed by atoms with van der Waals surface area (Å²) in [7, 11) is 0. The molecular formula is C27H26BrN3O2. The number of benzene rings is 3. The van der Waals surface area contributed by atoms with E-state index in [2.05, 4.69) is 38.1 Å². The Kier molecular flexibility index (Phi) is 7.58. The number of halogens is 1. The second kappa shape index (κ2) is 11.0. The minimum Gasteiger partial charge on any atom is -0.489 e. The molecule has 1 unspecified atom stereocenters. The number of carbonyl (C=O) groups is 1. The predicted molar refractivity (Wildman–Crippen MR) is 135 cm³/mol. The van der Waals surface area contributed by atoms with Crippen molar-refractivity contribution in [1.29, 1.82) is 0 Å². The van der Waals surface area contributed by atoms with E-state index in [-0.39, 0.29) is 11.8 Å². The molecule has 1 atom stereocenters. The van der Waals surface area contributed by atoms with Crippen LogP contribution in [0.2, 0.25) is 0 Å². The number of anilines is 1. The topological polar surface area (TPSA) is 67.0 Å². The number of ether oxygens (including phenoxy) is 1. The van der Waals surface area contributed by atoms with Crippen molar-refractivity contribution in [3.8, 4) is 5.75 Å². The summed E-state index contributed by atoms with van der Waals surface area (Å²) in [5.41, 5.74) is 3.36. The highest BCUT2D eigenvalue weighted by atomic mass is 79.9. The number of rotatable bonds is 9. The molecule has 168 valence electrons. The molecule has 4 rings (SSSR count). The van der Waals surface area contributed by atoms with Crippen LogP contribution in [-0.4, -0.2) is 15.9 Å². The van der Waals surface area contributed by atoms with Gasteiger partial charge in [-0.1, -0.05) is 59.6 Å². The van der Waals surface area contributed by atoms with E-state index in [0.29, 0.717) is 12.2 Å². The number of imidazole rings is 1. The van der Waals surface area contributed by atoms with Crippen LogP contribution in [0.3, 0.4) is 0 Å². The van der Waals surface area contributed by atoms with Crippen molar-refractivity contribution < 1.29 is 9.53 Å². The zero-order valence-electron chi connectivity index (χ0n) is 18.4. The number of nitrogens with one attached hydrogen (secondary N) is 2. The van der Waals surface area contributed by atoms with Crippen LogP contribution < -0.4 is 10.1 Å². The summed E-state index contributed by atoms with van der Waals surface area (Å²) >= 11 is 3.47. The maximum atomic E-state index is 13.0. The molecule has 1 amide bonds. The van der Waals surface area contributed by atoms with Crippen LogP contribution in [0.25, 0.3) is 0 Å². The van der Waals surface area contributed by atoms with Crippen LogP contribution in [0.15, 0.2) is 89.7 Å². The summed E-state index contributed by atoms with van der Waals surface area (Å²) in [6.07, 6.45) is 5.43. The molecule has 0 aliphatic rings. The summed E-state index contributed by atoms with van der Waals surface area (Å²) in [6, 6.07) is 23.1. The van der Waals surface area contributed by atoms with Gasteiger partial charge in [0.25, 0.3) is 5.91 Å². The van der Waals surface area contributed by atoms with Gasteiger partial charge in [0, 0.05) is 39.6 Å². The van der Waals surface area contributed by atoms with E-state index in [1.54, 1.807) is 6.20 Å². The fraction of sp³-hybridized carbons (Fsp3) is 0.185. The molecule has 5 nitrogen and oxygen atoms in total. The molecule has 0 fully saturated rings. The number of H-pyrrole nitrogens is 1. The first kappa shape index (κ1) is 22.8. The van der Waals surface area contributed by atoms with Gasteiger partial charge in [0.2, 0.25) is 0 Å². The third kappa shape index (κ3) is 5.90. The molecule has 3 aromatic carbocycles. The van der Waals surface area contributed by atoms with Crippen molar-refractivity contribution >= 4 is 27.5 Å². The number of para-hydroxylation sites is 1. The Balaban J connectivity index is 1.65. The molecule has 0 saturated carbocycles. The molecule has 0 aliphatic carbocycles. The number of aromatic amines is 1. The number of hydrogen-bond donors (Lipinski definition) is 2. The van der Waals surface area contributed by atoms with Gasteiger partial charge in [-0.25, -0.2) is 4.98 Å². The highest BCUT2D eigenvalue weighted by Crippen LogP contribution is 2.35. The first-order chi connectivity index (χ1) is 16.1. The number of hydrogen-bond acceptors (Lipinski definition) is 3. The summed E-state index contributed by atoms with van der Waals surface area (Å²) in [5.74, 6) is 1.46. The lowest BCUT2D eigenvalue weighted by Gasteiger charge is -2.20. The molecule has 0 bridgehead atoms. The Morgan fingerprint density at radius 1 is 1.09 bits per heavy atom. The van der Waals surface area contributed by atoms with Gasteiger partial charge in [-0.3, -0.25) is 4.79 Å². The SMILES string of the molecule is CCCC(c1ncc[nH]1)c1cc(C(=O)Nc2ccccc2)ccc1OCc1ccc(Br)cc1. The van der Waals surface area contributed by atoms with Crippen molar-refractivity contribution in [2.75, 3.05) is 5.32 Å². The van der Waals surface area contributed by atoms with Crippen molar-refractivity contribution in [1.82, 2.24) is 9.97 Å². The monoisotopic (exact) mass is 503 g/mol. The molecule has 2 N–H and O–H groups in total. The van der Waals surface area contributed by atoms with Crippen molar-refractivity contribution in [3.63, 3.8) is 0 Å². The van der Waals surface area contributed by atoms with E-state index >= 15 is 0 Å². The van der Waals surface area contributed by atoms with Gasteiger partial charge in [0.15, 0.2) is 0 Å². The van der Waals surface area contributed by atoms with Crippen LogP contribution in [0.5, 0.6) is 5.75 Å². The minimum absolute atomic E-state index is 0.00519. The highest BCUT2D eigenvalue weighted by Gasteiger charge is 2.22. The van der Waals surface area contributed by atoms with E-state index in [9.17, 15) is 4.79 Å². The van der Waals surface area contributed by atoms with Crippen LogP contribution in [0, 0.1) is 0 Å². The molecule has 0 spiro atoms. The van der Waals surface area contributed by atoms with Gasteiger partial charge in [-0.05, 0) is 54.4 Å². The maximum absolute atomic E-state index is 13.0. The minimum atomic E-state index is -0.156. The molecule has 0 saturated heterocycles. The van der Waals surface area contributed by atoms with E-state index in [0.717, 1.165) is 45.7 Å². The number of aromatic nitrogens is 2. The molecule has 6 heteroatoms. The van der Waals surface area contributed by atoms with Crippen LogP contribution in [0.1, 0.15) is 53.0 Å². The molecule has 4 aromatic rings. The second-order valence-electron chi connectivity index (χ2n) is 7.80. The van der Waals surface area contributed by atoms with E-state index < -0.39 is 0 Å². The zero-order chi connectivity index (χ0) is 23.0. The second-order valence-corrected chi connectivity index (χ2v) is 8.72. The first-order valence-corrected chi connectivity index (χ1v) is 11.8. The Bertz CT molecular complexity index is 1180. The third-order valence-corrected chi connectivity index (χ3v) is 5.94. The number of amides is 1. The van der Waals surface area contributed by atoms with Gasteiger partial charge >= 0.3 is 0 Å². The first-order valence-electron chi connectivity index (χ1n) is 11.0. The Morgan fingerprint density at radius 2 is 1.88 bits per heavy atom. The summed E-state index contributed by atoms with van der Waals surface area (Å²) in [5, 5.41) is 2.97. The van der Waals surface area contributed by atoms with Gasteiger partial charge in [-0.2, -0.15) is 0 Å². The van der Waals surface area contributed by atoms with Crippen LogP contribution in [-0.2, 0) is 6.61 Å². The zero-order valence-corrected chi connectivity index (χ0v) is 20.0. The normalized spacial score (nSPS) is 11.7. The Hall–Kier alpha value is -3.38. The maximum Gasteiger partial charge on any atom is 0.255 e. The van der Waals surface area contributed by atoms with Gasteiger partial charge in [0.1, 0.15) is 18.2 Å². The average Bonchev–Trinajstić information content (AvgIpc) is 3.37. The molecule has 1 heterocycles. The fourth-order valence-corrected chi connectivity index (χ4v) is 4.02. The molecule has 33 heavy (non-hydrogen) atoms. The summed E-state index contributed by atoms with van der Waals surface area (Å²) < 4.78 is 7.28. The number of carbonyl (C=O) groups excluding carboxylic acids is 1. The lowest BCUT2D eigenvalue weighted by atomic mass is 9.91. The average molecular weight is 504 g/mol. The number of nitrogens with zero attached hydrogens (tertiary/aromatic N) is 1. The molecule has 0 aliphatic heterocycles. The third-order valence-electron chi connectivity index (χ3n) is 5.41. The standard InChI is InChI=1S/C27H26BrN3O2/c1-2-6-23(26-29-15-16-30-26)24-17-20(27(32)31-22-7-4-3-5-8-22)11-14-25(24)33-18-19-9-12-21(28)13-10-19/h3-5,7-17,23H,2,6,18H2,1H3,(H,29,30)(H,31,32). The quantitative estimate of drug-likeness (QED) is 0.260. The van der Waals surface area contributed by atoms with Crippen LogP contribution in [0.4, 0.5) is 5.69 Å². The fourth-order valence-electron chi connectivity index (χ4n) is 3.76. The lowest BCUT2D eigenvalue weighted by Crippen LogP contribution is -2.14. The summed E-state index contributed by atoms with van der Waals surface area (Å²) in [6.45, 7) is 2.58. The van der Waals surface area contributed by atoms with Crippen LogP contribution >= 0.6 is 15.9 Å². The highest BCUT2D eigenvalue weighted by molar-refractivity contribution is 9.10. The van der Waals surface area contributed by atoms with E-state index in [1.165, 1.54) is 0 Å². The molecule has 1 aromatic heterocycles. The van der Waals surface area contributed by atoms with Gasteiger partial charge < -0.3 is 15.0 Å². The predicted octanol–water partition coefficient (Wildman–Crippen LogP) is 6.94. The Labute approximate surface area is 202 Å². The van der Waals surface area contributed by atoms with Crippen molar-refractivity contribution in [2.45, 2.75) is 32.3 Å². The largest absolute Gasteiger partial charge is 0.489 e. The van der Waals surface area contributed by atoms with Crippen molar-refractivity contribution in [3.05, 3.63) is 112 Å². The van der Waals surface area contributed by atoms with E-state index in [1.807, 2.05) is 79.0 Å². The van der Waals surface area contributed by atoms with Gasteiger partial charge in [-0.15, -0.1) is 0 Å². The molecular weight excluding hydrogens is 478 g/mol. The van der Waals surface area contributed by atoms with Gasteiger partial charge in [0.05, 0.1) is 0 Å². The molecule has 0 radical (unpaired) electrons. The lowest BCUT2D eigenvalue weighted by molar-refractivity contribution is 0.102. The smallest absolute Gasteiger partial charge is 0.255 e. The summed E-state index contributed by atoms with van der Waals surface area (Å²) in [4.78, 5) is 20.7. The Morgan fingerprint density at radius 3 is 2.58 bits per heavy atom. The van der Waals surface area contributed by atoms with Crippen molar-refractivity contribution in [2.24, 2.45) is 0 Å². The van der Waals surface area contributed by atoms with E-state index in [4.69, 9.17) is 4.74 Å².